The summed E-state index contributed by atoms with van der Waals surface area (Å²) in [7, 11) is 0. The molecule has 44 heavy (non-hydrogen) atoms. The highest BCUT2D eigenvalue weighted by Gasteiger charge is 2.35. The lowest BCUT2D eigenvalue weighted by Crippen LogP contribution is -2.26. The second kappa shape index (κ2) is 19.0. The lowest BCUT2D eigenvalue weighted by molar-refractivity contribution is -0.144. The van der Waals surface area contributed by atoms with E-state index in [-0.39, 0.29) is 46.7 Å². The van der Waals surface area contributed by atoms with E-state index in [4.69, 9.17) is 16.4 Å². The first-order chi connectivity index (χ1) is 20.0. The summed E-state index contributed by atoms with van der Waals surface area (Å²) in [5.74, 6) is 0.843. The molecule has 0 saturated carbocycles. The van der Waals surface area contributed by atoms with Crippen LogP contribution < -0.4 is 17.0 Å². The number of H-pyrrole nitrogens is 1. The third-order valence-electron chi connectivity index (χ3n) is 4.40. The highest BCUT2D eigenvalue weighted by Crippen LogP contribution is 2.29. The first-order valence-corrected chi connectivity index (χ1v) is 13.4. The number of amidine groups is 1. The summed E-state index contributed by atoms with van der Waals surface area (Å²) in [4.78, 5) is 12.8. The Hall–Kier alpha value is -3.50. The Kier molecular flexibility index (Phi) is 17.5. The third kappa shape index (κ3) is 13.9. The van der Waals surface area contributed by atoms with E-state index in [0.29, 0.717) is 13.4 Å². The second-order valence-corrected chi connectivity index (χ2v) is 10.4. The monoisotopic (exact) mass is 834 g/mol. The zero-order valence-corrected chi connectivity index (χ0v) is 27.5. The molecule has 0 atom stereocenters. The molecule has 0 aliphatic rings. The molecule has 3 aromatic carbocycles. The van der Waals surface area contributed by atoms with Crippen molar-refractivity contribution in [3.63, 3.8) is 0 Å². The summed E-state index contributed by atoms with van der Waals surface area (Å²) in [5.41, 5.74) is 7.09. The van der Waals surface area contributed by atoms with Crippen LogP contribution in [0.2, 0.25) is 0 Å². The summed E-state index contributed by atoms with van der Waals surface area (Å²) in [6, 6.07) is 14.3. The molecule has 4 rings (SSSR count). The number of amides is 1. The van der Waals surface area contributed by atoms with E-state index in [0.717, 1.165) is 6.07 Å². The summed E-state index contributed by atoms with van der Waals surface area (Å²) < 4.78 is 77.4. The van der Waals surface area contributed by atoms with Crippen LogP contribution in [0.3, 0.4) is 0 Å². The number of hydrogen-bond acceptors (Lipinski definition) is 6. The van der Waals surface area contributed by atoms with Gasteiger partial charge in [0.2, 0.25) is 11.7 Å². The fourth-order valence-corrected chi connectivity index (χ4v) is 3.47. The van der Waals surface area contributed by atoms with E-state index in [1.807, 2.05) is 5.43 Å². The van der Waals surface area contributed by atoms with Crippen LogP contribution in [0.5, 0.6) is 0 Å². The van der Waals surface area contributed by atoms with Gasteiger partial charge in [-0.25, -0.2) is 24.0 Å². The predicted octanol–water partition coefficient (Wildman–Crippen LogP) is 7.14. The van der Waals surface area contributed by atoms with Crippen molar-refractivity contribution in [2.45, 2.75) is 13.1 Å². The number of aromatic nitrogens is 3. The smallest absolute Gasteiger partial charge is 0.384 e. The van der Waals surface area contributed by atoms with Gasteiger partial charge in [-0.15, -0.1) is 12.4 Å². The summed E-state index contributed by atoms with van der Waals surface area (Å²) in [5, 5.41) is 20.3. The molecule has 1 amide bonds. The van der Waals surface area contributed by atoms with E-state index >= 15 is 0 Å². The molecule has 0 spiro atoms. The third-order valence-corrected chi connectivity index (χ3v) is 5.88. The molecule has 9 nitrogen and oxygen atoms in total. The van der Waals surface area contributed by atoms with Gasteiger partial charge in [0, 0.05) is 20.3 Å². The van der Waals surface area contributed by atoms with Crippen molar-refractivity contribution < 1.29 is 31.1 Å². The minimum Gasteiger partial charge on any atom is -0.384 e. The number of benzene rings is 3. The molecule has 0 unspecified atom stereocenters. The minimum atomic E-state index is -4.63. The van der Waals surface area contributed by atoms with Gasteiger partial charge < -0.3 is 5.73 Å². The lowest BCUT2D eigenvalue weighted by Gasteiger charge is -1.99. The van der Waals surface area contributed by atoms with E-state index in [1.54, 1.807) is 23.3 Å². The largest absolute Gasteiger partial charge is 0.451 e. The number of halogens is 10. The molecular weight excluding hydrogens is 817 g/mol. The van der Waals surface area contributed by atoms with Crippen molar-refractivity contribution in [2.75, 3.05) is 0 Å². The van der Waals surface area contributed by atoms with Gasteiger partial charge in [-0.1, -0.05) is 47.8 Å². The van der Waals surface area contributed by atoms with Gasteiger partial charge in [-0.05, 0) is 54.6 Å². The van der Waals surface area contributed by atoms with E-state index in [1.165, 1.54) is 43.3 Å². The van der Waals surface area contributed by atoms with Crippen LogP contribution in [0, 0.1) is 34.2 Å². The Morgan fingerprint density at radius 3 is 1.82 bits per heavy atom. The predicted molar refractivity (Wildman–Crippen MR) is 164 cm³/mol. The van der Waals surface area contributed by atoms with Gasteiger partial charge in [0.25, 0.3) is 0 Å². The zero-order chi connectivity index (χ0) is 32.9. The highest BCUT2D eigenvalue weighted by atomic mass is 79.9. The van der Waals surface area contributed by atoms with Gasteiger partial charge in [0.05, 0.1) is 16.7 Å². The van der Waals surface area contributed by atoms with Crippen molar-refractivity contribution in [3.05, 3.63) is 102 Å². The van der Waals surface area contributed by atoms with Crippen LogP contribution in [-0.2, 0) is 11.0 Å². The zero-order valence-electron chi connectivity index (χ0n) is 21.9. The SMILES string of the molecule is CC(=O)NN.Cl.Fc1cc(Br)ccc1-c1n[nH]c(C(F)(F)F)n1.N#Cc1ccc(Br)cc1F.N=C(N)c1ccc(Br)cc1F. The number of nitrogens with one attached hydrogen (secondary N) is 3. The number of hydrogen-bond donors (Lipinski definition) is 5. The van der Waals surface area contributed by atoms with E-state index in [9.17, 15) is 31.1 Å². The fraction of sp³-hybridized carbons (Fsp3) is 0.0800. The average Bonchev–Trinajstić information content (AvgIpc) is 3.40. The molecule has 236 valence electrons. The van der Waals surface area contributed by atoms with Crippen molar-refractivity contribution >= 4 is 71.9 Å². The number of hydrazine groups is 1. The first-order valence-electron chi connectivity index (χ1n) is 11.1. The maximum absolute atomic E-state index is 13.4. The molecule has 0 fully saturated rings. The Balaban J connectivity index is 0.000000601. The number of aromatic amines is 1. The summed E-state index contributed by atoms with van der Waals surface area (Å²) in [6.07, 6.45) is -4.63. The van der Waals surface area contributed by atoms with Crippen molar-refractivity contribution in [3.8, 4) is 17.5 Å². The first kappa shape index (κ1) is 40.5. The highest BCUT2D eigenvalue weighted by molar-refractivity contribution is 9.11. The van der Waals surface area contributed by atoms with Gasteiger partial charge in [-0.2, -0.15) is 23.5 Å². The molecule has 19 heteroatoms. The number of nitrogen functional groups attached to an aromatic ring is 1. The molecule has 0 aliphatic heterocycles. The quantitative estimate of drug-likeness (QED) is 0.0359. The minimum absolute atomic E-state index is 0. The second-order valence-electron chi connectivity index (χ2n) is 7.60. The number of rotatable bonds is 2. The van der Waals surface area contributed by atoms with Gasteiger partial charge in [0.15, 0.2) is 5.82 Å². The Bertz CT molecular complexity index is 1620. The normalized spacial score (nSPS) is 9.77. The molecule has 7 N–H and O–H groups in total. The number of alkyl halides is 3. The van der Waals surface area contributed by atoms with Crippen LogP contribution in [0.1, 0.15) is 23.9 Å². The average molecular weight is 838 g/mol. The number of nitrogens with two attached hydrogens (primary N) is 2. The molecule has 1 heterocycles. The van der Waals surface area contributed by atoms with Crippen LogP contribution in [0.25, 0.3) is 11.4 Å². The molecular formula is C25H20Br3ClF6N8O. The van der Waals surface area contributed by atoms with Gasteiger partial charge in [-0.3, -0.25) is 20.7 Å². The maximum Gasteiger partial charge on any atom is 0.451 e. The van der Waals surface area contributed by atoms with E-state index < -0.39 is 29.5 Å². The lowest BCUT2D eigenvalue weighted by atomic mass is 10.2. The van der Waals surface area contributed by atoms with Gasteiger partial charge in [0.1, 0.15) is 29.4 Å². The van der Waals surface area contributed by atoms with Crippen LogP contribution >= 0.6 is 60.2 Å². The Morgan fingerprint density at radius 1 is 0.955 bits per heavy atom. The van der Waals surface area contributed by atoms with Crippen LogP contribution in [0.4, 0.5) is 26.3 Å². The van der Waals surface area contributed by atoms with Gasteiger partial charge >= 0.3 is 6.18 Å². The van der Waals surface area contributed by atoms with Crippen molar-refractivity contribution in [1.29, 1.82) is 10.7 Å². The number of nitrogens with zero attached hydrogens (tertiary/aromatic N) is 3. The Labute approximate surface area is 277 Å². The molecule has 0 saturated heterocycles. The molecule has 4 aromatic rings. The van der Waals surface area contributed by atoms with Crippen LogP contribution in [-0.4, -0.2) is 26.9 Å². The molecule has 0 aliphatic carbocycles. The number of carbonyl (C=O) groups excluding carboxylic acids is 1. The number of nitriles is 1. The summed E-state index contributed by atoms with van der Waals surface area (Å²) in [6.45, 7) is 1.35. The standard InChI is InChI=1S/C9H4BrF4N3.C7H6BrFN2.C7H3BrFN.C2H6N2O.ClH/c10-4-1-2-5(6(11)3-4)7-15-8(17-16-7)9(12,13)14;8-4-1-2-5(7(10)11)6(9)3-4;8-6-2-1-5(4-10)7(9)3-6;1-2(5)4-3;/h1-3H,(H,15,16,17);1-3H,(H3,10,11);1-3H;3H2,1H3,(H,4,5);1H. The van der Waals surface area contributed by atoms with E-state index in [2.05, 4.69) is 63.7 Å². The molecule has 1 aromatic heterocycles. The summed E-state index contributed by atoms with van der Waals surface area (Å²) >= 11 is 9.21. The molecule has 0 radical (unpaired) electrons. The van der Waals surface area contributed by atoms with Crippen LogP contribution in [0.15, 0.2) is 68.0 Å². The topological polar surface area (TPSA) is 170 Å². The van der Waals surface area contributed by atoms with Crippen molar-refractivity contribution in [1.82, 2.24) is 20.6 Å². The Morgan fingerprint density at radius 2 is 1.43 bits per heavy atom. The fourth-order valence-electron chi connectivity index (χ4n) is 2.47. The molecule has 0 bridgehead atoms. The van der Waals surface area contributed by atoms with Crippen molar-refractivity contribution in [2.24, 2.45) is 11.6 Å². The number of carbonyl (C=O) groups is 1. The maximum atomic E-state index is 13.4.